The number of hydrogen-bond donors (Lipinski definition) is 0. The highest BCUT2D eigenvalue weighted by molar-refractivity contribution is 9.10. The van der Waals surface area contributed by atoms with Gasteiger partial charge in [0.15, 0.2) is 0 Å². The first-order valence-corrected chi connectivity index (χ1v) is 10.6. The van der Waals surface area contributed by atoms with E-state index in [0.29, 0.717) is 25.9 Å². The summed E-state index contributed by atoms with van der Waals surface area (Å²) < 4.78 is 26.6. The van der Waals surface area contributed by atoms with Crippen LogP contribution in [0.3, 0.4) is 0 Å². The maximum absolute atomic E-state index is 12.6. The quantitative estimate of drug-likeness (QED) is 0.461. The van der Waals surface area contributed by atoms with Crippen molar-refractivity contribution in [2.24, 2.45) is 0 Å². The fourth-order valence-corrected chi connectivity index (χ4v) is 4.93. The van der Waals surface area contributed by atoms with E-state index in [1.54, 1.807) is 0 Å². The van der Waals surface area contributed by atoms with Crippen LogP contribution in [0.4, 0.5) is 0 Å². The van der Waals surface area contributed by atoms with E-state index in [4.69, 9.17) is 9.05 Å². The van der Waals surface area contributed by atoms with Crippen LogP contribution in [0.25, 0.3) is 21.7 Å². The Morgan fingerprint density at radius 3 is 2.50 bits per heavy atom. The molecule has 0 fully saturated rings. The van der Waals surface area contributed by atoms with Crippen molar-refractivity contribution in [1.82, 2.24) is 4.57 Å². The summed E-state index contributed by atoms with van der Waals surface area (Å²) in [7, 11) is -3.02. The molecule has 0 aliphatic carbocycles. The first-order valence-electron chi connectivity index (χ1n) is 8.11. The lowest BCUT2D eigenvalue weighted by Crippen LogP contribution is -2.06. The van der Waals surface area contributed by atoms with Gasteiger partial charge in [-0.2, -0.15) is 0 Å². The predicted molar refractivity (Wildman–Crippen MR) is 103 cm³/mol. The Kier molecular flexibility index (Phi) is 5.46. The Bertz CT molecular complexity index is 896. The summed E-state index contributed by atoms with van der Waals surface area (Å²) in [6, 6.07) is 12.6. The summed E-state index contributed by atoms with van der Waals surface area (Å²) in [6.07, 6.45) is 2.41. The average molecular weight is 410 g/mol. The first kappa shape index (κ1) is 17.7. The third-order valence-corrected chi connectivity index (χ3v) is 6.54. The molecule has 0 amide bonds. The van der Waals surface area contributed by atoms with Crippen molar-refractivity contribution in [2.75, 3.05) is 19.4 Å². The zero-order valence-corrected chi connectivity index (χ0v) is 16.3. The molecule has 0 unspecified atom stereocenters. The molecule has 0 saturated carbocycles. The molecule has 24 heavy (non-hydrogen) atoms. The summed E-state index contributed by atoms with van der Waals surface area (Å²) in [5.41, 5.74) is 1.13. The van der Waals surface area contributed by atoms with Gasteiger partial charge in [-0.25, -0.2) is 0 Å². The largest absolute Gasteiger partial charge is 0.347 e. The molecular weight excluding hydrogens is 389 g/mol. The van der Waals surface area contributed by atoms with Crippen LogP contribution < -0.4 is 0 Å². The third-order valence-electron chi connectivity index (χ3n) is 4.00. The van der Waals surface area contributed by atoms with E-state index in [9.17, 15) is 4.57 Å². The molecule has 128 valence electrons. The van der Waals surface area contributed by atoms with Crippen molar-refractivity contribution in [3.63, 3.8) is 0 Å². The average Bonchev–Trinajstić information content (AvgIpc) is 2.96. The van der Waals surface area contributed by atoms with Crippen LogP contribution in [-0.4, -0.2) is 23.9 Å². The van der Waals surface area contributed by atoms with Crippen LogP contribution in [0.1, 0.15) is 13.8 Å². The lowest BCUT2D eigenvalue weighted by molar-refractivity contribution is 0.219. The molecule has 2 aromatic carbocycles. The number of halogens is 1. The number of nitrogens with zero attached hydrogens (tertiary/aromatic N) is 1. The lowest BCUT2D eigenvalue weighted by Gasteiger charge is -2.17. The highest BCUT2D eigenvalue weighted by Crippen LogP contribution is 2.48. The summed E-state index contributed by atoms with van der Waals surface area (Å²) >= 11 is 3.51. The molecule has 0 saturated heterocycles. The van der Waals surface area contributed by atoms with E-state index in [-0.39, 0.29) is 0 Å². The minimum absolute atomic E-state index is 0.372. The van der Waals surface area contributed by atoms with Crippen molar-refractivity contribution in [2.45, 2.75) is 20.4 Å². The Hall–Kier alpha value is -1.13. The van der Waals surface area contributed by atoms with Gasteiger partial charge in [0.05, 0.1) is 19.4 Å². The molecule has 6 heteroatoms. The van der Waals surface area contributed by atoms with Gasteiger partial charge in [-0.15, -0.1) is 0 Å². The molecule has 1 heterocycles. The second kappa shape index (κ2) is 7.40. The first-order chi connectivity index (χ1) is 11.6. The number of rotatable bonds is 7. The molecule has 4 nitrogen and oxygen atoms in total. The van der Waals surface area contributed by atoms with Crippen molar-refractivity contribution >= 4 is 45.2 Å². The zero-order chi connectivity index (χ0) is 17.2. The van der Waals surface area contributed by atoms with Crippen molar-refractivity contribution in [3.05, 3.63) is 47.1 Å². The highest BCUT2D eigenvalue weighted by atomic mass is 79.9. The normalized spacial score (nSPS) is 12.3. The molecular formula is C18H21BrNO3P. The highest BCUT2D eigenvalue weighted by Gasteiger charge is 2.23. The van der Waals surface area contributed by atoms with Crippen molar-refractivity contribution < 1.29 is 13.6 Å². The van der Waals surface area contributed by atoms with Gasteiger partial charge in [-0.3, -0.25) is 4.57 Å². The number of benzene rings is 2. The number of fused-ring (bicyclic) bond motifs is 3. The standard InChI is InChI=1S/C18H21BrNO3P/c1-3-22-24(21,23-4-2)12-11-20-10-9-17-16-7-6-15(19)13-14(16)5-8-18(17)20/h5-10,13H,3-4,11-12H2,1-2H3. The molecule has 0 aliphatic heterocycles. The summed E-state index contributed by atoms with van der Waals surface area (Å²) in [6.45, 7) is 5.05. The minimum atomic E-state index is -3.02. The fourth-order valence-electron chi connectivity index (χ4n) is 2.97. The Morgan fingerprint density at radius 2 is 1.79 bits per heavy atom. The maximum atomic E-state index is 12.6. The second-order valence-electron chi connectivity index (χ2n) is 5.54. The van der Waals surface area contributed by atoms with Crippen LogP contribution in [0.15, 0.2) is 47.1 Å². The van der Waals surface area contributed by atoms with Crippen LogP contribution in [0.5, 0.6) is 0 Å². The van der Waals surface area contributed by atoms with Gasteiger partial charge >= 0.3 is 7.60 Å². The van der Waals surface area contributed by atoms with Gasteiger partial charge in [0, 0.05) is 28.1 Å². The van der Waals surface area contributed by atoms with E-state index < -0.39 is 7.60 Å². The van der Waals surface area contributed by atoms with Crippen LogP contribution in [-0.2, 0) is 20.2 Å². The Morgan fingerprint density at radius 1 is 1.04 bits per heavy atom. The van der Waals surface area contributed by atoms with Gasteiger partial charge in [-0.05, 0) is 48.9 Å². The molecule has 0 N–H and O–H groups in total. The van der Waals surface area contributed by atoms with Crippen LogP contribution >= 0.6 is 23.5 Å². The minimum Gasteiger partial charge on any atom is -0.347 e. The molecule has 3 rings (SSSR count). The Labute approximate surface area is 150 Å². The van der Waals surface area contributed by atoms with Gasteiger partial charge < -0.3 is 13.6 Å². The van der Waals surface area contributed by atoms with E-state index in [2.05, 4.69) is 56.9 Å². The van der Waals surface area contributed by atoms with Crippen molar-refractivity contribution in [1.29, 1.82) is 0 Å². The van der Waals surface area contributed by atoms with Gasteiger partial charge in [-0.1, -0.05) is 28.1 Å². The lowest BCUT2D eigenvalue weighted by atomic mass is 10.1. The topological polar surface area (TPSA) is 40.5 Å². The van der Waals surface area contributed by atoms with Gasteiger partial charge in [0.1, 0.15) is 0 Å². The SMILES string of the molecule is CCOP(=O)(CCn1ccc2c3ccc(Br)cc3ccc21)OCC. The summed E-state index contributed by atoms with van der Waals surface area (Å²) in [4.78, 5) is 0. The van der Waals surface area contributed by atoms with Gasteiger partial charge in [0.2, 0.25) is 0 Å². The van der Waals surface area contributed by atoms with Crippen molar-refractivity contribution in [3.8, 4) is 0 Å². The van der Waals surface area contributed by atoms with E-state index >= 15 is 0 Å². The molecule has 3 aromatic rings. The number of aromatic nitrogens is 1. The maximum Gasteiger partial charge on any atom is 0.332 e. The third kappa shape index (κ3) is 3.60. The Balaban J connectivity index is 1.91. The van der Waals surface area contributed by atoms with E-state index in [0.717, 1.165) is 9.99 Å². The summed E-state index contributed by atoms with van der Waals surface area (Å²) in [5, 5.41) is 3.61. The van der Waals surface area contributed by atoms with Gasteiger partial charge in [0.25, 0.3) is 0 Å². The molecule has 0 aliphatic rings. The van der Waals surface area contributed by atoms with E-state index in [1.807, 2.05) is 20.0 Å². The molecule has 0 spiro atoms. The fraction of sp³-hybridized carbons (Fsp3) is 0.333. The smallest absolute Gasteiger partial charge is 0.332 e. The summed E-state index contributed by atoms with van der Waals surface area (Å²) in [5.74, 6) is 0. The molecule has 0 bridgehead atoms. The van der Waals surface area contributed by atoms with Crippen LogP contribution in [0.2, 0.25) is 0 Å². The molecule has 0 radical (unpaired) electrons. The predicted octanol–water partition coefficient (Wildman–Crippen LogP) is 5.82. The van der Waals surface area contributed by atoms with E-state index in [1.165, 1.54) is 16.2 Å². The number of aryl methyl sites for hydroxylation is 1. The second-order valence-corrected chi connectivity index (χ2v) is 8.64. The zero-order valence-electron chi connectivity index (χ0n) is 13.9. The number of hydrogen-bond acceptors (Lipinski definition) is 3. The monoisotopic (exact) mass is 409 g/mol. The van der Waals surface area contributed by atoms with Crippen LogP contribution in [0, 0.1) is 0 Å². The molecule has 0 atom stereocenters. The molecule has 1 aromatic heterocycles.